The quantitative estimate of drug-likeness (QED) is 0.900. The number of pyridine rings is 1. The van der Waals surface area contributed by atoms with Crippen LogP contribution in [0.1, 0.15) is 43.0 Å². The first-order chi connectivity index (χ1) is 9.24. The highest BCUT2D eigenvalue weighted by molar-refractivity contribution is 5.19. The molecule has 0 spiro atoms. The molecule has 2 atom stereocenters. The van der Waals surface area contributed by atoms with Crippen LogP contribution in [0.4, 0.5) is 0 Å². The van der Waals surface area contributed by atoms with E-state index >= 15 is 0 Å². The number of rotatable bonds is 4. The SMILES string of the molecule is Cc1ccc(C2C(CNC3CC3)CCCN2C)cn1. The predicted octanol–water partition coefficient (Wildman–Crippen LogP) is 2.52. The van der Waals surface area contributed by atoms with Crippen molar-refractivity contribution in [1.29, 1.82) is 0 Å². The molecule has 104 valence electrons. The van der Waals surface area contributed by atoms with Crippen LogP contribution in [0.3, 0.4) is 0 Å². The average molecular weight is 259 g/mol. The van der Waals surface area contributed by atoms with Crippen molar-refractivity contribution in [2.75, 3.05) is 20.1 Å². The number of aromatic nitrogens is 1. The first-order valence-electron chi connectivity index (χ1n) is 7.60. The molecule has 3 heteroatoms. The van der Waals surface area contributed by atoms with Gasteiger partial charge in [0, 0.05) is 30.5 Å². The molecule has 2 heterocycles. The van der Waals surface area contributed by atoms with Gasteiger partial charge in [-0.15, -0.1) is 0 Å². The summed E-state index contributed by atoms with van der Waals surface area (Å²) >= 11 is 0. The topological polar surface area (TPSA) is 28.2 Å². The Morgan fingerprint density at radius 2 is 2.16 bits per heavy atom. The van der Waals surface area contributed by atoms with E-state index < -0.39 is 0 Å². The highest BCUT2D eigenvalue weighted by Crippen LogP contribution is 2.35. The molecule has 0 bridgehead atoms. The Kier molecular flexibility index (Phi) is 3.85. The third-order valence-corrected chi connectivity index (χ3v) is 4.53. The second-order valence-electron chi connectivity index (χ2n) is 6.24. The van der Waals surface area contributed by atoms with E-state index in [-0.39, 0.29) is 0 Å². The molecule has 19 heavy (non-hydrogen) atoms. The number of aryl methyl sites for hydroxylation is 1. The fourth-order valence-electron chi connectivity index (χ4n) is 3.26. The largest absolute Gasteiger partial charge is 0.314 e. The van der Waals surface area contributed by atoms with Crippen molar-refractivity contribution >= 4 is 0 Å². The molecule has 2 unspecified atom stereocenters. The van der Waals surface area contributed by atoms with Crippen molar-refractivity contribution in [2.45, 2.75) is 44.7 Å². The third-order valence-electron chi connectivity index (χ3n) is 4.53. The zero-order valence-electron chi connectivity index (χ0n) is 12.1. The van der Waals surface area contributed by atoms with Gasteiger partial charge in [0.2, 0.25) is 0 Å². The van der Waals surface area contributed by atoms with Gasteiger partial charge in [0.05, 0.1) is 0 Å². The highest BCUT2D eigenvalue weighted by Gasteiger charge is 2.32. The maximum atomic E-state index is 4.48. The summed E-state index contributed by atoms with van der Waals surface area (Å²) in [7, 11) is 2.26. The van der Waals surface area contributed by atoms with Crippen LogP contribution in [0, 0.1) is 12.8 Å². The Morgan fingerprint density at radius 3 is 2.84 bits per heavy atom. The third kappa shape index (κ3) is 3.15. The lowest BCUT2D eigenvalue weighted by Crippen LogP contribution is -2.41. The Bertz CT molecular complexity index is 411. The lowest BCUT2D eigenvalue weighted by molar-refractivity contribution is 0.119. The average Bonchev–Trinajstić information content (AvgIpc) is 3.22. The maximum Gasteiger partial charge on any atom is 0.0400 e. The molecule has 3 nitrogen and oxygen atoms in total. The summed E-state index contributed by atoms with van der Waals surface area (Å²) in [5.74, 6) is 0.726. The van der Waals surface area contributed by atoms with Gasteiger partial charge in [-0.2, -0.15) is 0 Å². The molecule has 1 aliphatic heterocycles. The Morgan fingerprint density at radius 1 is 1.32 bits per heavy atom. The molecule has 1 N–H and O–H groups in total. The highest BCUT2D eigenvalue weighted by atomic mass is 15.1. The van der Waals surface area contributed by atoms with Crippen molar-refractivity contribution in [3.05, 3.63) is 29.6 Å². The normalized spacial score (nSPS) is 28.5. The zero-order valence-corrected chi connectivity index (χ0v) is 12.1. The van der Waals surface area contributed by atoms with E-state index in [2.05, 4.69) is 47.5 Å². The minimum absolute atomic E-state index is 0.535. The summed E-state index contributed by atoms with van der Waals surface area (Å²) in [6, 6.07) is 5.75. The maximum absolute atomic E-state index is 4.48. The van der Waals surface area contributed by atoms with Crippen LogP contribution in [0.25, 0.3) is 0 Å². The predicted molar refractivity (Wildman–Crippen MR) is 78.1 cm³/mol. The standard InChI is InChI=1S/C16H25N3/c1-12-5-6-14(10-17-12)16-13(4-3-9-19(16)2)11-18-15-7-8-15/h5-6,10,13,15-16,18H,3-4,7-9,11H2,1-2H3. The molecule has 1 saturated carbocycles. The number of piperidine rings is 1. The van der Waals surface area contributed by atoms with Gasteiger partial charge in [-0.1, -0.05) is 6.07 Å². The number of nitrogens with zero attached hydrogens (tertiary/aromatic N) is 2. The minimum Gasteiger partial charge on any atom is -0.314 e. The van der Waals surface area contributed by atoms with E-state index in [1.54, 1.807) is 0 Å². The van der Waals surface area contributed by atoms with E-state index in [9.17, 15) is 0 Å². The van der Waals surface area contributed by atoms with Crippen LogP contribution >= 0.6 is 0 Å². The lowest BCUT2D eigenvalue weighted by atomic mass is 9.85. The van der Waals surface area contributed by atoms with Crippen molar-refractivity contribution < 1.29 is 0 Å². The van der Waals surface area contributed by atoms with Gasteiger partial charge < -0.3 is 5.32 Å². The summed E-state index contributed by atoms with van der Waals surface area (Å²) in [6.45, 7) is 4.42. The van der Waals surface area contributed by atoms with Crippen LogP contribution in [0.5, 0.6) is 0 Å². The van der Waals surface area contributed by atoms with Crippen molar-refractivity contribution in [1.82, 2.24) is 15.2 Å². The molecule has 0 radical (unpaired) electrons. The van der Waals surface area contributed by atoms with Gasteiger partial charge in [0.1, 0.15) is 0 Å². The summed E-state index contributed by atoms with van der Waals surface area (Å²) in [5, 5.41) is 3.71. The van der Waals surface area contributed by atoms with Crippen LogP contribution in [0.2, 0.25) is 0 Å². The van der Waals surface area contributed by atoms with E-state index in [1.807, 2.05) is 0 Å². The van der Waals surface area contributed by atoms with E-state index in [0.717, 1.165) is 24.2 Å². The molecule has 1 aliphatic carbocycles. The summed E-state index contributed by atoms with van der Waals surface area (Å²) in [6.07, 6.45) is 7.48. The second kappa shape index (κ2) is 5.59. The van der Waals surface area contributed by atoms with Crippen LogP contribution in [-0.2, 0) is 0 Å². The number of likely N-dealkylation sites (tertiary alicyclic amines) is 1. The smallest absolute Gasteiger partial charge is 0.0400 e. The summed E-state index contributed by atoms with van der Waals surface area (Å²) in [4.78, 5) is 6.99. The van der Waals surface area contributed by atoms with Gasteiger partial charge in [-0.05, 0) is 63.7 Å². The second-order valence-corrected chi connectivity index (χ2v) is 6.24. The molecular formula is C16H25N3. The minimum atomic E-state index is 0.535. The van der Waals surface area contributed by atoms with Gasteiger partial charge in [0.25, 0.3) is 0 Å². The van der Waals surface area contributed by atoms with Gasteiger partial charge in [0.15, 0.2) is 0 Å². The molecule has 1 saturated heterocycles. The fourth-order valence-corrected chi connectivity index (χ4v) is 3.26. The zero-order chi connectivity index (χ0) is 13.2. The van der Waals surface area contributed by atoms with Crippen molar-refractivity contribution in [3.8, 4) is 0 Å². The molecule has 0 aromatic carbocycles. The number of hydrogen-bond acceptors (Lipinski definition) is 3. The molecule has 2 fully saturated rings. The molecule has 0 amide bonds. The Labute approximate surface area is 116 Å². The lowest BCUT2D eigenvalue weighted by Gasteiger charge is -2.39. The Hall–Kier alpha value is -0.930. The molecular weight excluding hydrogens is 234 g/mol. The number of nitrogens with one attached hydrogen (secondary N) is 1. The van der Waals surface area contributed by atoms with Crippen LogP contribution in [-0.4, -0.2) is 36.1 Å². The summed E-state index contributed by atoms with van der Waals surface area (Å²) < 4.78 is 0. The van der Waals surface area contributed by atoms with Gasteiger partial charge in [-0.25, -0.2) is 0 Å². The van der Waals surface area contributed by atoms with E-state index in [1.165, 1.54) is 37.8 Å². The summed E-state index contributed by atoms with van der Waals surface area (Å²) in [5.41, 5.74) is 2.49. The fraction of sp³-hybridized carbons (Fsp3) is 0.688. The Balaban J connectivity index is 1.73. The van der Waals surface area contributed by atoms with Crippen molar-refractivity contribution in [2.24, 2.45) is 5.92 Å². The first kappa shape index (κ1) is 13.1. The molecule has 3 rings (SSSR count). The van der Waals surface area contributed by atoms with Crippen molar-refractivity contribution in [3.63, 3.8) is 0 Å². The van der Waals surface area contributed by atoms with E-state index in [4.69, 9.17) is 0 Å². The van der Waals surface area contributed by atoms with Crippen LogP contribution < -0.4 is 5.32 Å². The first-order valence-corrected chi connectivity index (χ1v) is 7.60. The van der Waals surface area contributed by atoms with Crippen LogP contribution in [0.15, 0.2) is 18.3 Å². The molecule has 2 aliphatic rings. The van der Waals surface area contributed by atoms with Gasteiger partial charge in [-0.3, -0.25) is 9.88 Å². The molecule has 1 aromatic rings. The monoisotopic (exact) mass is 259 g/mol. The number of hydrogen-bond donors (Lipinski definition) is 1. The van der Waals surface area contributed by atoms with Gasteiger partial charge >= 0.3 is 0 Å². The molecule has 1 aromatic heterocycles. The van der Waals surface area contributed by atoms with E-state index in [0.29, 0.717) is 6.04 Å².